The fraction of sp³-hybridized carbons (Fsp3) is 0.333. The first-order valence-electron chi connectivity index (χ1n) is 5.08. The minimum Gasteiger partial charge on any atom is -0.495 e. The van der Waals surface area contributed by atoms with Crippen molar-refractivity contribution in [3.8, 4) is 11.5 Å². The summed E-state index contributed by atoms with van der Waals surface area (Å²) in [5, 5.41) is 3.28. The molecule has 0 radical (unpaired) electrons. The Kier molecular flexibility index (Phi) is 3.51. The number of hydrogen-bond acceptors (Lipinski definition) is 3. The lowest BCUT2D eigenvalue weighted by molar-refractivity contribution is 0.388. The highest BCUT2D eigenvalue weighted by Crippen LogP contribution is 2.40. The molecule has 0 amide bonds. The molecule has 1 heterocycles. The molecule has 1 aliphatic heterocycles. The van der Waals surface area contributed by atoms with Crippen molar-refractivity contribution in [1.29, 1.82) is 0 Å². The fourth-order valence-electron chi connectivity index (χ4n) is 1.83. The summed E-state index contributed by atoms with van der Waals surface area (Å²) >= 11 is 3.50. The number of halogens is 1. The molecule has 1 aromatic rings. The molecule has 0 aliphatic carbocycles. The summed E-state index contributed by atoms with van der Waals surface area (Å²) in [6, 6.07) is 3.97. The second kappa shape index (κ2) is 4.89. The van der Waals surface area contributed by atoms with Crippen LogP contribution < -0.4 is 14.8 Å². The van der Waals surface area contributed by atoms with Gasteiger partial charge in [-0.05, 0) is 33.6 Å². The van der Waals surface area contributed by atoms with Crippen molar-refractivity contribution in [2.24, 2.45) is 0 Å². The van der Waals surface area contributed by atoms with Crippen LogP contribution in [0, 0.1) is 0 Å². The van der Waals surface area contributed by atoms with Gasteiger partial charge in [0.15, 0.2) is 0 Å². The Morgan fingerprint density at radius 3 is 2.62 bits per heavy atom. The minimum atomic E-state index is 0.784. The van der Waals surface area contributed by atoms with Gasteiger partial charge in [-0.3, -0.25) is 0 Å². The summed E-state index contributed by atoms with van der Waals surface area (Å²) in [5.74, 6) is 1.61. The maximum absolute atomic E-state index is 5.44. The third-order valence-corrected chi connectivity index (χ3v) is 3.39. The molecule has 0 atom stereocenters. The molecule has 0 unspecified atom stereocenters. The van der Waals surface area contributed by atoms with E-state index in [-0.39, 0.29) is 0 Å². The predicted octanol–water partition coefficient (Wildman–Crippen LogP) is 2.45. The molecule has 0 fully saturated rings. The van der Waals surface area contributed by atoms with Gasteiger partial charge in [-0.2, -0.15) is 0 Å². The second-order valence-electron chi connectivity index (χ2n) is 3.52. The lowest BCUT2D eigenvalue weighted by atomic mass is 10.1. The van der Waals surface area contributed by atoms with E-state index in [1.807, 2.05) is 12.1 Å². The quantitative estimate of drug-likeness (QED) is 0.925. The molecule has 0 saturated carbocycles. The van der Waals surface area contributed by atoms with E-state index in [9.17, 15) is 0 Å². The smallest absolute Gasteiger partial charge is 0.144 e. The van der Waals surface area contributed by atoms with E-state index in [4.69, 9.17) is 9.47 Å². The average molecular weight is 284 g/mol. The van der Waals surface area contributed by atoms with Crippen LogP contribution in [-0.2, 0) is 0 Å². The normalized spacial score (nSPS) is 14.8. The van der Waals surface area contributed by atoms with Gasteiger partial charge in [-0.25, -0.2) is 0 Å². The highest BCUT2D eigenvalue weighted by atomic mass is 79.9. The maximum atomic E-state index is 5.44. The van der Waals surface area contributed by atoms with E-state index in [1.165, 1.54) is 5.57 Å². The summed E-state index contributed by atoms with van der Waals surface area (Å²) in [4.78, 5) is 0. The molecule has 3 nitrogen and oxygen atoms in total. The summed E-state index contributed by atoms with van der Waals surface area (Å²) < 4.78 is 11.5. The lowest BCUT2D eigenvalue weighted by Gasteiger charge is -2.13. The molecule has 2 rings (SSSR count). The molecule has 4 heteroatoms. The fourth-order valence-corrected chi connectivity index (χ4v) is 2.50. The molecule has 1 N–H and O–H groups in total. The summed E-state index contributed by atoms with van der Waals surface area (Å²) in [5.41, 5.74) is 2.38. The molecule has 0 saturated heterocycles. The van der Waals surface area contributed by atoms with Gasteiger partial charge in [0.25, 0.3) is 0 Å². The number of hydrogen-bond donors (Lipinski definition) is 1. The summed E-state index contributed by atoms with van der Waals surface area (Å²) in [7, 11) is 3.32. The molecular weight excluding hydrogens is 270 g/mol. The van der Waals surface area contributed by atoms with Crippen LogP contribution in [0.4, 0.5) is 0 Å². The molecule has 1 aliphatic rings. The molecule has 0 bridgehead atoms. The number of nitrogens with one attached hydrogen (secondary N) is 1. The molecule has 1 aromatic carbocycles. The average Bonchev–Trinajstić information content (AvgIpc) is 2.82. The summed E-state index contributed by atoms with van der Waals surface area (Å²) in [6.07, 6.45) is 2.18. The Balaban J connectivity index is 2.49. The van der Waals surface area contributed by atoms with Crippen LogP contribution >= 0.6 is 15.9 Å². The number of rotatable bonds is 3. The first-order valence-corrected chi connectivity index (χ1v) is 5.87. The Morgan fingerprint density at radius 1 is 1.25 bits per heavy atom. The van der Waals surface area contributed by atoms with Crippen LogP contribution in [-0.4, -0.2) is 27.3 Å². The minimum absolute atomic E-state index is 0.784. The van der Waals surface area contributed by atoms with E-state index < -0.39 is 0 Å². The standard InChI is InChI=1S/C12H14BrNO2/c1-15-10-4-3-9(8-5-6-14-7-8)12(16-2)11(10)13/h3-5,14H,6-7H2,1-2H3. The van der Waals surface area contributed by atoms with Gasteiger partial charge in [0.1, 0.15) is 16.0 Å². The highest BCUT2D eigenvalue weighted by molar-refractivity contribution is 9.10. The molecule has 0 aromatic heterocycles. The van der Waals surface area contributed by atoms with Crippen molar-refractivity contribution in [1.82, 2.24) is 5.32 Å². The zero-order valence-corrected chi connectivity index (χ0v) is 10.9. The zero-order chi connectivity index (χ0) is 11.5. The van der Waals surface area contributed by atoms with Crippen molar-refractivity contribution in [2.75, 3.05) is 27.3 Å². The summed E-state index contributed by atoms with van der Waals surface area (Å²) in [6.45, 7) is 1.80. The van der Waals surface area contributed by atoms with Crippen molar-refractivity contribution in [2.45, 2.75) is 0 Å². The van der Waals surface area contributed by atoms with Gasteiger partial charge in [-0.15, -0.1) is 0 Å². The van der Waals surface area contributed by atoms with Crippen molar-refractivity contribution in [3.05, 3.63) is 28.2 Å². The Labute approximate surface area is 104 Å². The van der Waals surface area contributed by atoms with Crippen molar-refractivity contribution >= 4 is 21.5 Å². The van der Waals surface area contributed by atoms with Crippen LogP contribution in [0.25, 0.3) is 5.57 Å². The van der Waals surface area contributed by atoms with E-state index >= 15 is 0 Å². The van der Waals surface area contributed by atoms with Gasteiger partial charge >= 0.3 is 0 Å². The molecule has 0 spiro atoms. The largest absolute Gasteiger partial charge is 0.495 e. The van der Waals surface area contributed by atoms with Gasteiger partial charge in [0.2, 0.25) is 0 Å². The Hall–Kier alpha value is -1.00. The SMILES string of the molecule is COc1ccc(C2=CCNC2)c(OC)c1Br. The van der Waals surface area contributed by atoms with Gasteiger partial charge in [0.05, 0.1) is 14.2 Å². The van der Waals surface area contributed by atoms with Crippen LogP contribution in [0.1, 0.15) is 5.56 Å². The van der Waals surface area contributed by atoms with E-state index in [2.05, 4.69) is 27.3 Å². The molecule has 16 heavy (non-hydrogen) atoms. The predicted molar refractivity (Wildman–Crippen MR) is 68.1 cm³/mol. The number of methoxy groups -OCH3 is 2. The van der Waals surface area contributed by atoms with Gasteiger partial charge in [-0.1, -0.05) is 6.08 Å². The number of benzene rings is 1. The zero-order valence-electron chi connectivity index (χ0n) is 9.34. The van der Waals surface area contributed by atoms with Crippen molar-refractivity contribution in [3.63, 3.8) is 0 Å². The Morgan fingerprint density at radius 2 is 2.06 bits per heavy atom. The van der Waals surface area contributed by atoms with Crippen LogP contribution in [0.2, 0.25) is 0 Å². The number of ether oxygens (including phenoxy) is 2. The van der Waals surface area contributed by atoms with Crippen LogP contribution in [0.3, 0.4) is 0 Å². The molecule has 86 valence electrons. The van der Waals surface area contributed by atoms with Gasteiger partial charge < -0.3 is 14.8 Å². The van der Waals surface area contributed by atoms with Crippen LogP contribution in [0.5, 0.6) is 11.5 Å². The Bertz CT molecular complexity index is 429. The van der Waals surface area contributed by atoms with E-state index in [1.54, 1.807) is 14.2 Å². The van der Waals surface area contributed by atoms with E-state index in [0.29, 0.717) is 0 Å². The third kappa shape index (κ3) is 1.95. The second-order valence-corrected chi connectivity index (χ2v) is 4.32. The monoisotopic (exact) mass is 283 g/mol. The molecular formula is C12H14BrNO2. The third-order valence-electron chi connectivity index (χ3n) is 2.64. The highest BCUT2D eigenvalue weighted by Gasteiger charge is 2.16. The van der Waals surface area contributed by atoms with Gasteiger partial charge in [0, 0.05) is 18.7 Å². The van der Waals surface area contributed by atoms with Crippen LogP contribution in [0.15, 0.2) is 22.7 Å². The van der Waals surface area contributed by atoms with E-state index in [0.717, 1.165) is 34.6 Å². The first kappa shape index (κ1) is 11.5. The first-order chi connectivity index (χ1) is 7.77. The lowest BCUT2D eigenvalue weighted by Crippen LogP contribution is -2.08. The van der Waals surface area contributed by atoms with Crippen molar-refractivity contribution < 1.29 is 9.47 Å². The topological polar surface area (TPSA) is 30.5 Å². The maximum Gasteiger partial charge on any atom is 0.144 e.